The highest BCUT2D eigenvalue weighted by Gasteiger charge is 2.36. The number of amides is 1. The normalized spacial score (nSPS) is 18.0. The quantitative estimate of drug-likeness (QED) is 0.382. The topological polar surface area (TPSA) is 51.5 Å². The molecule has 1 fully saturated rings. The third-order valence-electron chi connectivity index (χ3n) is 7.68. The number of hydrogen-bond donors (Lipinski definition) is 0. The number of rotatable bonds is 9. The number of benzene rings is 2. The van der Waals surface area contributed by atoms with Gasteiger partial charge in [-0.15, -0.1) is 0 Å². The van der Waals surface area contributed by atoms with Crippen LogP contribution in [0.2, 0.25) is 0 Å². The van der Waals surface area contributed by atoms with Crippen LogP contribution in [0, 0.1) is 17.7 Å². The number of carbonyl (C=O) groups excluding carboxylic acids is 2. The van der Waals surface area contributed by atoms with Crippen LogP contribution in [-0.2, 0) is 40.1 Å². The Kier molecular flexibility index (Phi) is 7.13. The molecule has 1 saturated carbocycles. The molecule has 0 spiro atoms. The summed E-state index contributed by atoms with van der Waals surface area (Å²) in [5, 5.41) is 0.843. The van der Waals surface area contributed by atoms with E-state index in [0.29, 0.717) is 18.9 Å². The summed E-state index contributed by atoms with van der Waals surface area (Å²) < 4.78 is 21.5. The molecule has 2 aliphatic rings. The summed E-state index contributed by atoms with van der Waals surface area (Å²) in [6.45, 7) is 5.08. The van der Waals surface area contributed by atoms with Crippen LogP contribution in [0.4, 0.5) is 4.39 Å². The average Bonchev–Trinajstić information content (AvgIpc) is 3.66. The van der Waals surface area contributed by atoms with Crippen LogP contribution in [-0.4, -0.2) is 40.5 Å². The Morgan fingerprint density at radius 1 is 1.14 bits per heavy atom. The zero-order valence-corrected chi connectivity index (χ0v) is 21.2. The Bertz CT molecular complexity index is 1250. The Hall–Kier alpha value is -3.15. The van der Waals surface area contributed by atoms with E-state index >= 15 is 0 Å². The Morgan fingerprint density at radius 2 is 1.92 bits per heavy atom. The van der Waals surface area contributed by atoms with Crippen molar-refractivity contribution in [2.45, 2.75) is 65.0 Å². The number of aromatic nitrogens is 1. The van der Waals surface area contributed by atoms with Crippen LogP contribution in [0.5, 0.6) is 0 Å². The van der Waals surface area contributed by atoms with E-state index in [9.17, 15) is 14.0 Å². The van der Waals surface area contributed by atoms with Gasteiger partial charge in [-0.2, -0.15) is 0 Å². The first-order valence-corrected chi connectivity index (χ1v) is 13.2. The van der Waals surface area contributed by atoms with E-state index in [-0.39, 0.29) is 36.2 Å². The van der Waals surface area contributed by atoms with Crippen molar-refractivity contribution in [3.8, 4) is 0 Å². The summed E-state index contributed by atoms with van der Waals surface area (Å²) in [5.41, 5.74) is 4.16. The summed E-state index contributed by atoms with van der Waals surface area (Å²) in [6, 6.07) is 15.0. The molecule has 190 valence electrons. The summed E-state index contributed by atoms with van der Waals surface area (Å²) >= 11 is 0. The second-order valence-electron chi connectivity index (χ2n) is 10.4. The zero-order valence-electron chi connectivity index (χ0n) is 21.2. The number of ether oxygens (including phenoxy) is 1. The molecule has 5 nitrogen and oxygen atoms in total. The lowest BCUT2D eigenvalue weighted by atomic mass is 9.89. The maximum absolute atomic E-state index is 14.3. The lowest BCUT2D eigenvalue weighted by Gasteiger charge is -2.37. The molecule has 0 unspecified atom stereocenters. The Balaban J connectivity index is 1.43. The Labute approximate surface area is 212 Å². The van der Waals surface area contributed by atoms with E-state index in [1.165, 1.54) is 24.5 Å². The molecular weight excluding hydrogens is 455 g/mol. The van der Waals surface area contributed by atoms with Crippen LogP contribution in [0.25, 0.3) is 10.9 Å². The fourth-order valence-corrected chi connectivity index (χ4v) is 5.72. The highest BCUT2D eigenvalue weighted by atomic mass is 19.1. The molecule has 36 heavy (non-hydrogen) atoms. The van der Waals surface area contributed by atoms with Crippen molar-refractivity contribution < 1.29 is 18.7 Å². The highest BCUT2D eigenvalue weighted by Crippen LogP contribution is 2.37. The molecule has 2 atom stereocenters. The van der Waals surface area contributed by atoms with Gasteiger partial charge >= 0.3 is 5.97 Å². The van der Waals surface area contributed by atoms with Gasteiger partial charge in [0, 0.05) is 35.1 Å². The minimum Gasteiger partial charge on any atom is -0.465 e. The molecule has 5 rings (SSSR count). The first-order chi connectivity index (χ1) is 17.4. The third-order valence-corrected chi connectivity index (χ3v) is 7.68. The molecule has 0 bridgehead atoms. The first kappa shape index (κ1) is 24.5. The molecular formula is C30H35FN2O3. The van der Waals surface area contributed by atoms with Crippen molar-refractivity contribution in [2.24, 2.45) is 11.8 Å². The maximum atomic E-state index is 14.3. The SMILES string of the molecule is CCOC(=O)Cn1c2c(c3cc(F)ccc31)C[C@@H](N(CC1CC1)C(=O)[C@@H](C)Cc1ccccc1)CC2. The van der Waals surface area contributed by atoms with E-state index in [4.69, 9.17) is 4.74 Å². The largest absolute Gasteiger partial charge is 0.465 e. The van der Waals surface area contributed by atoms with Crippen LogP contribution in [0.1, 0.15) is 49.9 Å². The van der Waals surface area contributed by atoms with Crippen molar-refractivity contribution in [1.82, 2.24) is 9.47 Å². The van der Waals surface area contributed by atoms with Gasteiger partial charge in [-0.25, -0.2) is 4.39 Å². The number of carbonyl (C=O) groups is 2. The van der Waals surface area contributed by atoms with Gasteiger partial charge in [0.15, 0.2) is 0 Å². The lowest BCUT2D eigenvalue weighted by molar-refractivity contribution is -0.143. The van der Waals surface area contributed by atoms with E-state index in [2.05, 4.69) is 17.0 Å². The molecule has 2 aromatic carbocycles. The molecule has 6 heteroatoms. The average molecular weight is 491 g/mol. The van der Waals surface area contributed by atoms with Gasteiger partial charge < -0.3 is 14.2 Å². The second-order valence-corrected chi connectivity index (χ2v) is 10.4. The van der Waals surface area contributed by atoms with Crippen LogP contribution in [0.15, 0.2) is 48.5 Å². The van der Waals surface area contributed by atoms with Gasteiger partial charge in [-0.05, 0) is 80.7 Å². The molecule has 2 aliphatic carbocycles. The summed E-state index contributed by atoms with van der Waals surface area (Å²) in [6.07, 6.45) is 5.35. The highest BCUT2D eigenvalue weighted by molar-refractivity contribution is 5.88. The van der Waals surface area contributed by atoms with Gasteiger partial charge in [0.25, 0.3) is 0 Å². The molecule has 3 aromatic rings. The smallest absolute Gasteiger partial charge is 0.325 e. The van der Waals surface area contributed by atoms with Gasteiger partial charge in [0.2, 0.25) is 5.91 Å². The number of fused-ring (bicyclic) bond motifs is 3. The van der Waals surface area contributed by atoms with Crippen molar-refractivity contribution in [1.29, 1.82) is 0 Å². The molecule has 0 radical (unpaired) electrons. The van der Waals surface area contributed by atoms with E-state index < -0.39 is 0 Å². The Morgan fingerprint density at radius 3 is 2.64 bits per heavy atom. The molecule has 0 saturated heterocycles. The number of nitrogens with zero attached hydrogens (tertiary/aromatic N) is 2. The van der Waals surface area contributed by atoms with Crippen molar-refractivity contribution >= 4 is 22.8 Å². The van der Waals surface area contributed by atoms with Gasteiger partial charge in [-0.1, -0.05) is 37.3 Å². The number of esters is 1. The van der Waals surface area contributed by atoms with Crippen LogP contribution >= 0.6 is 0 Å². The minimum absolute atomic E-state index is 0.0775. The first-order valence-electron chi connectivity index (χ1n) is 13.2. The standard InChI is InChI=1S/C30H35FN2O3/c1-3-36-29(34)19-33-27-13-11-23(31)16-25(27)26-17-24(12-14-28(26)33)32(18-22-9-10-22)30(35)20(2)15-21-7-5-4-6-8-21/h4-8,11,13,16,20,22,24H,3,9-10,12,14-15,17-19H2,1-2H3/t20-,24-/m0/s1. The molecule has 1 amide bonds. The van der Waals surface area contributed by atoms with Crippen LogP contribution in [0.3, 0.4) is 0 Å². The maximum Gasteiger partial charge on any atom is 0.325 e. The number of hydrogen-bond acceptors (Lipinski definition) is 3. The van der Waals surface area contributed by atoms with Gasteiger partial charge in [0.1, 0.15) is 12.4 Å². The molecule has 1 heterocycles. The molecule has 1 aromatic heterocycles. The predicted octanol–water partition coefficient (Wildman–Crippen LogP) is 5.32. The summed E-state index contributed by atoms with van der Waals surface area (Å²) in [5.74, 6) is 0.115. The monoisotopic (exact) mass is 490 g/mol. The van der Waals surface area contributed by atoms with Gasteiger partial charge in [-0.3, -0.25) is 9.59 Å². The fraction of sp³-hybridized carbons (Fsp3) is 0.467. The minimum atomic E-state index is -0.289. The fourth-order valence-electron chi connectivity index (χ4n) is 5.72. The van der Waals surface area contributed by atoms with E-state index in [0.717, 1.165) is 48.0 Å². The third kappa shape index (κ3) is 5.18. The zero-order chi connectivity index (χ0) is 25.2. The van der Waals surface area contributed by atoms with Gasteiger partial charge in [0.05, 0.1) is 6.61 Å². The van der Waals surface area contributed by atoms with Crippen molar-refractivity contribution in [3.63, 3.8) is 0 Å². The van der Waals surface area contributed by atoms with Crippen molar-refractivity contribution in [2.75, 3.05) is 13.2 Å². The molecule has 0 aliphatic heterocycles. The van der Waals surface area contributed by atoms with E-state index in [1.54, 1.807) is 19.1 Å². The summed E-state index contributed by atoms with van der Waals surface area (Å²) in [4.78, 5) is 28.2. The van der Waals surface area contributed by atoms with Crippen molar-refractivity contribution in [3.05, 3.63) is 71.2 Å². The summed E-state index contributed by atoms with van der Waals surface area (Å²) in [7, 11) is 0. The molecule has 0 N–H and O–H groups in total. The predicted molar refractivity (Wildman–Crippen MR) is 138 cm³/mol. The van der Waals surface area contributed by atoms with Crippen LogP contribution < -0.4 is 0 Å². The second kappa shape index (κ2) is 10.5. The lowest BCUT2D eigenvalue weighted by Crippen LogP contribution is -2.47. The van der Waals surface area contributed by atoms with E-state index in [1.807, 2.05) is 29.7 Å². The number of halogens is 1.